The lowest BCUT2D eigenvalue weighted by Crippen LogP contribution is -2.10. The van der Waals surface area contributed by atoms with Gasteiger partial charge in [-0.1, -0.05) is 140 Å². The van der Waals surface area contributed by atoms with Gasteiger partial charge >= 0.3 is 0 Å². The fourth-order valence-corrected chi connectivity index (χ4v) is 8.67. The van der Waals surface area contributed by atoms with Crippen LogP contribution >= 0.6 is 11.3 Å². The Labute approximate surface area is 287 Å². The lowest BCUT2D eigenvalue weighted by atomic mass is 10.0. The largest absolute Gasteiger partial charge is 0.455 e. The highest BCUT2D eigenvalue weighted by atomic mass is 32.1. The zero-order valence-corrected chi connectivity index (χ0v) is 27.3. The quantitative estimate of drug-likeness (QED) is 0.186. The average molecular weight is 644 g/mol. The first-order valence-electron chi connectivity index (χ1n) is 16.6. The van der Waals surface area contributed by atoms with Crippen LogP contribution in [0.15, 0.2) is 180 Å². The van der Waals surface area contributed by atoms with E-state index < -0.39 is 0 Å². The van der Waals surface area contributed by atoms with Crippen molar-refractivity contribution < 1.29 is 4.42 Å². The molecule has 0 bridgehead atoms. The molecule has 3 heteroatoms. The summed E-state index contributed by atoms with van der Waals surface area (Å²) in [5.74, 6) is 0. The predicted octanol–water partition coefficient (Wildman–Crippen LogP) is 13.9. The summed E-state index contributed by atoms with van der Waals surface area (Å²) in [5, 5.41) is 7.43. The summed E-state index contributed by atoms with van der Waals surface area (Å²) >= 11 is 1.89. The minimum absolute atomic E-state index is 0.912. The van der Waals surface area contributed by atoms with E-state index in [2.05, 4.69) is 169 Å². The number of para-hydroxylation sites is 2. The standard InChI is InChI=1S/C46H29NOS/c1-2-11-30(12-3-1)33-14-8-15-35(29-33)47(42-21-10-20-40-41-28-25-31-13-4-5-16-37(31)45(41)49-46(40)42)34-26-23-32(24-27-34)36-18-9-19-39-38-17-6-7-22-43(38)48-44(36)39/h1-29H. The molecule has 10 rings (SSSR count). The molecular formula is C46H29NOS. The van der Waals surface area contributed by atoms with E-state index in [-0.39, 0.29) is 0 Å². The highest BCUT2D eigenvalue weighted by Gasteiger charge is 2.20. The second kappa shape index (κ2) is 11.2. The molecular weight excluding hydrogens is 615 g/mol. The summed E-state index contributed by atoms with van der Waals surface area (Å²) in [5.41, 5.74) is 9.82. The monoisotopic (exact) mass is 643 g/mol. The molecule has 0 saturated heterocycles. The molecule has 2 aromatic heterocycles. The van der Waals surface area contributed by atoms with Crippen LogP contribution in [0.3, 0.4) is 0 Å². The molecule has 2 heterocycles. The number of anilines is 3. The molecule has 0 saturated carbocycles. The summed E-state index contributed by atoms with van der Waals surface area (Å²) in [4.78, 5) is 2.41. The number of fused-ring (bicyclic) bond motifs is 8. The van der Waals surface area contributed by atoms with Gasteiger partial charge in [-0.25, -0.2) is 0 Å². The maximum Gasteiger partial charge on any atom is 0.143 e. The first kappa shape index (κ1) is 27.9. The molecule has 0 N–H and O–H groups in total. The van der Waals surface area contributed by atoms with Crippen molar-refractivity contribution in [2.24, 2.45) is 0 Å². The van der Waals surface area contributed by atoms with E-state index in [1.165, 1.54) is 47.8 Å². The van der Waals surface area contributed by atoms with Crippen LogP contribution < -0.4 is 4.90 Å². The number of hydrogen-bond acceptors (Lipinski definition) is 3. The van der Waals surface area contributed by atoms with Crippen LogP contribution in [0.2, 0.25) is 0 Å². The van der Waals surface area contributed by atoms with Crippen molar-refractivity contribution in [3.63, 3.8) is 0 Å². The van der Waals surface area contributed by atoms with Gasteiger partial charge in [0.15, 0.2) is 0 Å². The number of rotatable bonds is 5. The van der Waals surface area contributed by atoms with Crippen LogP contribution in [0, 0.1) is 0 Å². The Morgan fingerprint density at radius 3 is 2.00 bits per heavy atom. The van der Waals surface area contributed by atoms with Crippen molar-refractivity contribution in [3.05, 3.63) is 176 Å². The third-order valence-corrected chi connectivity index (χ3v) is 10.9. The van der Waals surface area contributed by atoms with Gasteiger partial charge in [-0.2, -0.15) is 0 Å². The molecule has 0 unspecified atom stereocenters. The van der Waals surface area contributed by atoms with E-state index in [0.29, 0.717) is 0 Å². The van der Waals surface area contributed by atoms with Crippen LogP contribution in [0.1, 0.15) is 0 Å². The summed E-state index contributed by atoms with van der Waals surface area (Å²) < 4.78 is 9.01. The lowest BCUT2D eigenvalue weighted by molar-refractivity contribution is 0.670. The summed E-state index contributed by atoms with van der Waals surface area (Å²) in [6.07, 6.45) is 0. The molecule has 10 aromatic rings. The van der Waals surface area contributed by atoms with Crippen LogP contribution in [0.4, 0.5) is 17.1 Å². The zero-order valence-electron chi connectivity index (χ0n) is 26.5. The van der Waals surface area contributed by atoms with E-state index in [0.717, 1.165) is 44.4 Å². The first-order valence-corrected chi connectivity index (χ1v) is 17.4. The molecule has 0 amide bonds. The lowest BCUT2D eigenvalue weighted by Gasteiger charge is -2.27. The molecule has 230 valence electrons. The van der Waals surface area contributed by atoms with Gasteiger partial charge in [0.1, 0.15) is 11.2 Å². The molecule has 49 heavy (non-hydrogen) atoms. The molecule has 0 aliphatic rings. The van der Waals surface area contributed by atoms with Crippen molar-refractivity contribution in [2.45, 2.75) is 0 Å². The minimum atomic E-state index is 0.912. The first-order chi connectivity index (χ1) is 24.3. The second-order valence-corrected chi connectivity index (χ2v) is 13.5. The molecule has 8 aromatic carbocycles. The third kappa shape index (κ3) is 4.55. The van der Waals surface area contributed by atoms with E-state index in [1.54, 1.807) is 0 Å². The summed E-state index contributed by atoms with van der Waals surface area (Å²) in [7, 11) is 0. The van der Waals surface area contributed by atoms with Crippen LogP contribution in [0.25, 0.3) is 75.1 Å². The number of furan rings is 1. The molecule has 0 radical (unpaired) electrons. The fourth-order valence-electron chi connectivity index (χ4n) is 7.33. The van der Waals surface area contributed by atoms with Gasteiger partial charge in [-0.05, 0) is 63.9 Å². The smallest absolute Gasteiger partial charge is 0.143 e. The Morgan fingerprint density at radius 2 is 1.10 bits per heavy atom. The van der Waals surface area contributed by atoms with Gasteiger partial charge in [0, 0.05) is 43.2 Å². The van der Waals surface area contributed by atoms with Crippen molar-refractivity contribution >= 4 is 81.3 Å². The van der Waals surface area contributed by atoms with Gasteiger partial charge in [-0.15, -0.1) is 11.3 Å². The van der Waals surface area contributed by atoms with Crippen LogP contribution in [-0.2, 0) is 0 Å². The average Bonchev–Trinajstić information content (AvgIpc) is 3.75. The van der Waals surface area contributed by atoms with E-state index in [1.807, 2.05) is 23.5 Å². The van der Waals surface area contributed by atoms with Crippen molar-refractivity contribution in [1.82, 2.24) is 0 Å². The molecule has 0 aliphatic heterocycles. The highest BCUT2D eigenvalue weighted by Crippen LogP contribution is 2.47. The summed E-state index contributed by atoms with van der Waals surface area (Å²) in [6.45, 7) is 0. The van der Waals surface area contributed by atoms with Crippen molar-refractivity contribution in [2.75, 3.05) is 4.90 Å². The topological polar surface area (TPSA) is 16.4 Å². The van der Waals surface area contributed by atoms with Crippen LogP contribution in [-0.4, -0.2) is 0 Å². The van der Waals surface area contributed by atoms with Crippen molar-refractivity contribution in [1.29, 1.82) is 0 Å². The van der Waals surface area contributed by atoms with E-state index in [9.17, 15) is 0 Å². The van der Waals surface area contributed by atoms with E-state index in [4.69, 9.17) is 4.42 Å². The maximum atomic E-state index is 6.41. The minimum Gasteiger partial charge on any atom is -0.455 e. The number of thiophene rings is 1. The molecule has 0 atom stereocenters. The number of benzene rings is 8. The van der Waals surface area contributed by atoms with Gasteiger partial charge < -0.3 is 9.32 Å². The molecule has 0 spiro atoms. The maximum absolute atomic E-state index is 6.41. The van der Waals surface area contributed by atoms with Crippen molar-refractivity contribution in [3.8, 4) is 22.3 Å². The Kier molecular flexibility index (Phi) is 6.39. The Morgan fingerprint density at radius 1 is 0.408 bits per heavy atom. The number of hydrogen-bond donors (Lipinski definition) is 0. The van der Waals surface area contributed by atoms with Gasteiger partial charge in [-0.3, -0.25) is 0 Å². The zero-order chi connectivity index (χ0) is 32.3. The van der Waals surface area contributed by atoms with E-state index >= 15 is 0 Å². The Hall–Kier alpha value is -6.16. The highest BCUT2D eigenvalue weighted by molar-refractivity contribution is 7.27. The molecule has 0 fully saturated rings. The Balaban J connectivity index is 1.17. The Bertz CT molecular complexity index is 2830. The summed E-state index contributed by atoms with van der Waals surface area (Å²) in [6, 6.07) is 63.1. The predicted molar refractivity (Wildman–Crippen MR) is 210 cm³/mol. The normalized spacial score (nSPS) is 11.7. The molecule has 2 nitrogen and oxygen atoms in total. The molecule has 0 aliphatic carbocycles. The SMILES string of the molecule is c1ccc(-c2cccc(N(c3ccc(-c4cccc5c4oc4ccccc45)cc3)c3cccc4c3sc3c5ccccc5ccc43)c2)cc1. The van der Waals surface area contributed by atoms with Gasteiger partial charge in [0.2, 0.25) is 0 Å². The van der Waals surface area contributed by atoms with Gasteiger partial charge in [0.25, 0.3) is 0 Å². The third-order valence-electron chi connectivity index (χ3n) is 9.66. The fraction of sp³-hybridized carbons (Fsp3) is 0. The number of nitrogens with zero attached hydrogens (tertiary/aromatic N) is 1. The van der Waals surface area contributed by atoms with Gasteiger partial charge in [0.05, 0.1) is 10.4 Å². The second-order valence-electron chi connectivity index (χ2n) is 12.5. The van der Waals surface area contributed by atoms with Crippen LogP contribution in [0.5, 0.6) is 0 Å².